The number of para-hydroxylation sites is 1. The quantitative estimate of drug-likeness (QED) is 0.597. The fraction of sp³-hybridized carbons (Fsp3) is 0.0500. The number of hydrogen-bond acceptors (Lipinski definition) is 4. The number of nitrogens with zero attached hydrogens (tertiary/aromatic N) is 3. The van der Waals surface area contributed by atoms with E-state index in [1.165, 1.54) is 0 Å². The van der Waals surface area contributed by atoms with Gasteiger partial charge in [0, 0.05) is 5.56 Å². The number of phenolic OH excluding ortho intramolecular Hbond substituents is 1. The molecule has 4 rings (SSSR count). The van der Waals surface area contributed by atoms with E-state index in [9.17, 15) is 5.11 Å². The molecule has 0 radical (unpaired) electrons. The second-order valence-electron chi connectivity index (χ2n) is 5.57. The van der Waals surface area contributed by atoms with Crippen LogP contribution in [-0.4, -0.2) is 20.1 Å². The van der Waals surface area contributed by atoms with E-state index >= 15 is 0 Å². The summed E-state index contributed by atoms with van der Waals surface area (Å²) in [6.07, 6.45) is 0. The van der Waals surface area contributed by atoms with E-state index in [0.717, 1.165) is 16.3 Å². The Kier molecular flexibility index (Phi) is 3.43. The van der Waals surface area contributed by atoms with Gasteiger partial charge in [0.2, 0.25) is 0 Å². The molecule has 0 aliphatic carbocycles. The summed E-state index contributed by atoms with van der Waals surface area (Å²) in [4.78, 5) is 13.5. The highest BCUT2D eigenvalue weighted by Gasteiger charge is 2.12. The van der Waals surface area contributed by atoms with Gasteiger partial charge in [-0.25, -0.2) is 15.0 Å². The number of hydrogen-bond donors (Lipinski definition) is 1. The van der Waals surface area contributed by atoms with E-state index in [0.29, 0.717) is 23.0 Å². The van der Waals surface area contributed by atoms with Crippen molar-refractivity contribution in [2.75, 3.05) is 0 Å². The molecule has 4 aromatic rings. The molecule has 0 spiro atoms. The van der Waals surface area contributed by atoms with Crippen molar-refractivity contribution in [3.05, 3.63) is 72.6 Å². The minimum Gasteiger partial charge on any atom is -0.507 e. The van der Waals surface area contributed by atoms with Crippen molar-refractivity contribution in [3.8, 4) is 28.5 Å². The lowest BCUT2D eigenvalue weighted by atomic mass is 10.0. The van der Waals surface area contributed by atoms with E-state index < -0.39 is 0 Å². The Bertz CT molecular complexity index is 1040. The zero-order valence-corrected chi connectivity index (χ0v) is 13.1. The lowest BCUT2D eigenvalue weighted by molar-refractivity contribution is 0.477. The Balaban J connectivity index is 1.95. The van der Waals surface area contributed by atoms with Crippen LogP contribution >= 0.6 is 0 Å². The summed E-state index contributed by atoms with van der Waals surface area (Å²) in [5.41, 5.74) is 1.56. The van der Waals surface area contributed by atoms with Gasteiger partial charge < -0.3 is 5.11 Å². The van der Waals surface area contributed by atoms with Crippen LogP contribution in [0.3, 0.4) is 0 Å². The maximum atomic E-state index is 10.1. The summed E-state index contributed by atoms with van der Waals surface area (Å²) in [7, 11) is 0. The number of phenols is 1. The van der Waals surface area contributed by atoms with Crippen molar-refractivity contribution in [1.82, 2.24) is 15.0 Å². The molecule has 0 aliphatic heterocycles. The lowest BCUT2D eigenvalue weighted by Crippen LogP contribution is -2.00. The van der Waals surface area contributed by atoms with Crippen molar-refractivity contribution in [3.63, 3.8) is 0 Å². The number of benzene rings is 3. The molecule has 0 fully saturated rings. The smallest absolute Gasteiger partial charge is 0.167 e. The summed E-state index contributed by atoms with van der Waals surface area (Å²) < 4.78 is 0. The van der Waals surface area contributed by atoms with Gasteiger partial charge in [-0.1, -0.05) is 54.6 Å². The first kappa shape index (κ1) is 14.3. The van der Waals surface area contributed by atoms with Crippen molar-refractivity contribution < 1.29 is 5.11 Å². The van der Waals surface area contributed by atoms with Crippen LogP contribution < -0.4 is 0 Å². The Labute approximate surface area is 139 Å². The van der Waals surface area contributed by atoms with Crippen molar-refractivity contribution in [1.29, 1.82) is 0 Å². The number of aromatic hydroxyl groups is 1. The van der Waals surface area contributed by atoms with E-state index in [2.05, 4.69) is 33.2 Å². The summed E-state index contributed by atoms with van der Waals surface area (Å²) in [6.45, 7) is 1.83. The van der Waals surface area contributed by atoms with Gasteiger partial charge in [-0.05, 0) is 29.8 Å². The average molecular weight is 313 g/mol. The molecule has 0 saturated heterocycles. The van der Waals surface area contributed by atoms with Crippen molar-refractivity contribution in [2.45, 2.75) is 6.92 Å². The van der Waals surface area contributed by atoms with Crippen LogP contribution in [0.5, 0.6) is 5.75 Å². The first-order valence-electron chi connectivity index (χ1n) is 7.71. The third-order valence-electron chi connectivity index (χ3n) is 3.92. The Morgan fingerprint density at radius 1 is 0.667 bits per heavy atom. The molecule has 1 heterocycles. The molecular formula is C20H15N3O. The predicted molar refractivity (Wildman–Crippen MR) is 94.6 cm³/mol. The summed E-state index contributed by atoms with van der Waals surface area (Å²) in [6, 6.07) is 21.3. The maximum Gasteiger partial charge on any atom is 0.167 e. The van der Waals surface area contributed by atoms with Crippen LogP contribution in [0.15, 0.2) is 66.7 Å². The summed E-state index contributed by atoms with van der Waals surface area (Å²) in [5.74, 6) is 1.86. The van der Waals surface area contributed by atoms with Crippen LogP contribution in [0.2, 0.25) is 0 Å². The van der Waals surface area contributed by atoms with Crippen molar-refractivity contribution >= 4 is 10.8 Å². The normalized spacial score (nSPS) is 10.9. The van der Waals surface area contributed by atoms with Gasteiger partial charge in [0.15, 0.2) is 11.6 Å². The van der Waals surface area contributed by atoms with E-state index in [1.54, 1.807) is 18.2 Å². The Hall–Kier alpha value is -3.27. The Morgan fingerprint density at radius 2 is 1.29 bits per heavy atom. The molecular weight excluding hydrogens is 298 g/mol. The lowest BCUT2D eigenvalue weighted by Gasteiger charge is -2.09. The fourth-order valence-corrected chi connectivity index (χ4v) is 2.81. The molecule has 4 nitrogen and oxygen atoms in total. The van der Waals surface area contributed by atoms with E-state index in [1.807, 2.05) is 37.3 Å². The van der Waals surface area contributed by atoms with Gasteiger partial charge in [-0.2, -0.15) is 0 Å². The minimum atomic E-state index is 0.159. The molecule has 24 heavy (non-hydrogen) atoms. The second-order valence-corrected chi connectivity index (χ2v) is 5.57. The van der Waals surface area contributed by atoms with E-state index in [4.69, 9.17) is 0 Å². The molecule has 0 unspecified atom stereocenters. The first-order chi connectivity index (χ1) is 11.7. The highest BCUT2D eigenvalue weighted by Crippen LogP contribution is 2.30. The summed E-state index contributed by atoms with van der Waals surface area (Å²) >= 11 is 0. The molecule has 3 aromatic carbocycles. The zero-order chi connectivity index (χ0) is 16.5. The van der Waals surface area contributed by atoms with Gasteiger partial charge >= 0.3 is 0 Å². The first-order valence-corrected chi connectivity index (χ1v) is 7.71. The fourth-order valence-electron chi connectivity index (χ4n) is 2.81. The minimum absolute atomic E-state index is 0.159. The third-order valence-corrected chi connectivity index (χ3v) is 3.92. The van der Waals surface area contributed by atoms with Gasteiger partial charge in [0.25, 0.3) is 0 Å². The topological polar surface area (TPSA) is 58.9 Å². The maximum absolute atomic E-state index is 10.1. The van der Waals surface area contributed by atoms with Crippen LogP contribution in [0, 0.1) is 6.92 Å². The number of aryl methyl sites for hydroxylation is 1. The molecule has 116 valence electrons. The highest BCUT2D eigenvalue weighted by molar-refractivity contribution is 5.95. The average Bonchev–Trinajstić information content (AvgIpc) is 2.61. The van der Waals surface area contributed by atoms with Crippen LogP contribution in [0.1, 0.15) is 5.82 Å². The SMILES string of the molecule is Cc1nc(-c2ccccc2O)nc(-c2cccc3ccccc23)n1. The highest BCUT2D eigenvalue weighted by atomic mass is 16.3. The van der Waals surface area contributed by atoms with Gasteiger partial charge in [-0.15, -0.1) is 0 Å². The predicted octanol–water partition coefficient (Wildman–Crippen LogP) is 4.37. The molecule has 1 N–H and O–H groups in total. The Morgan fingerprint density at radius 3 is 2.12 bits per heavy atom. The second kappa shape index (κ2) is 5.74. The monoisotopic (exact) mass is 313 g/mol. The number of rotatable bonds is 2. The number of aromatic nitrogens is 3. The standard InChI is InChI=1S/C20H15N3O/c1-13-21-19(16-11-6-8-14-7-2-3-9-15(14)16)23-20(22-13)17-10-4-5-12-18(17)24/h2-12,24H,1H3. The number of fused-ring (bicyclic) bond motifs is 1. The van der Waals surface area contributed by atoms with Gasteiger partial charge in [-0.3, -0.25) is 0 Å². The van der Waals surface area contributed by atoms with Crippen LogP contribution in [0.4, 0.5) is 0 Å². The largest absolute Gasteiger partial charge is 0.507 e. The van der Waals surface area contributed by atoms with Crippen LogP contribution in [-0.2, 0) is 0 Å². The van der Waals surface area contributed by atoms with E-state index in [-0.39, 0.29) is 5.75 Å². The van der Waals surface area contributed by atoms with Gasteiger partial charge in [0.1, 0.15) is 11.6 Å². The molecule has 0 saturated carbocycles. The van der Waals surface area contributed by atoms with Crippen LogP contribution in [0.25, 0.3) is 33.5 Å². The zero-order valence-electron chi connectivity index (χ0n) is 13.1. The molecule has 0 amide bonds. The third kappa shape index (κ3) is 2.48. The van der Waals surface area contributed by atoms with Crippen molar-refractivity contribution in [2.24, 2.45) is 0 Å². The molecule has 0 bridgehead atoms. The molecule has 1 aromatic heterocycles. The molecule has 0 aliphatic rings. The molecule has 0 atom stereocenters. The van der Waals surface area contributed by atoms with Gasteiger partial charge in [0.05, 0.1) is 5.56 Å². The summed E-state index contributed by atoms with van der Waals surface area (Å²) in [5, 5.41) is 12.3. The molecule has 4 heteroatoms.